The summed E-state index contributed by atoms with van der Waals surface area (Å²) in [7, 11) is 1.93. The highest BCUT2D eigenvalue weighted by atomic mass is 16.2. The Bertz CT molecular complexity index is 430. The van der Waals surface area contributed by atoms with E-state index in [1.165, 1.54) is 25.7 Å². The molecule has 0 aromatic rings. The van der Waals surface area contributed by atoms with Gasteiger partial charge in [-0.2, -0.15) is 0 Å². The highest BCUT2D eigenvalue weighted by Gasteiger charge is 2.53. The summed E-state index contributed by atoms with van der Waals surface area (Å²) in [6.07, 6.45) is 5.43. The summed E-state index contributed by atoms with van der Waals surface area (Å²) in [4.78, 5) is 18.8. The minimum atomic E-state index is -0.197. The van der Waals surface area contributed by atoms with Gasteiger partial charge in [0, 0.05) is 25.7 Å². The highest BCUT2D eigenvalue weighted by Crippen LogP contribution is 2.61. The van der Waals surface area contributed by atoms with Crippen LogP contribution in [0.3, 0.4) is 0 Å². The van der Waals surface area contributed by atoms with Crippen LogP contribution in [0.25, 0.3) is 0 Å². The number of likely N-dealkylation sites (N-methyl/N-ethyl adjacent to an activating group) is 1. The lowest BCUT2D eigenvalue weighted by atomic mass is 10.0. The van der Waals surface area contributed by atoms with Crippen molar-refractivity contribution in [2.75, 3.05) is 26.7 Å². The van der Waals surface area contributed by atoms with Crippen molar-refractivity contribution in [1.82, 2.24) is 15.5 Å². The molecule has 0 radical (unpaired) electrons. The summed E-state index contributed by atoms with van der Waals surface area (Å²) in [6.45, 7) is 10.1. The molecule has 2 rings (SSSR count). The summed E-state index contributed by atoms with van der Waals surface area (Å²) in [6, 6.07) is 0. The zero-order valence-corrected chi connectivity index (χ0v) is 14.8. The third-order valence-corrected chi connectivity index (χ3v) is 4.47. The predicted molar refractivity (Wildman–Crippen MR) is 90.9 cm³/mol. The van der Waals surface area contributed by atoms with E-state index in [1.54, 1.807) is 0 Å². The van der Waals surface area contributed by atoms with Crippen LogP contribution >= 0.6 is 0 Å². The quantitative estimate of drug-likeness (QED) is 0.583. The number of hydrogen-bond acceptors (Lipinski definition) is 2. The Morgan fingerprint density at radius 3 is 2.41 bits per heavy atom. The van der Waals surface area contributed by atoms with E-state index in [4.69, 9.17) is 4.99 Å². The van der Waals surface area contributed by atoms with Crippen LogP contribution in [0, 0.1) is 11.3 Å². The molecule has 0 aromatic heterocycles. The summed E-state index contributed by atoms with van der Waals surface area (Å²) < 4.78 is 0. The largest absolute Gasteiger partial charge is 0.357 e. The monoisotopic (exact) mass is 308 g/mol. The van der Waals surface area contributed by atoms with Gasteiger partial charge in [0.1, 0.15) is 0 Å². The van der Waals surface area contributed by atoms with Crippen LogP contribution in [0.1, 0.15) is 53.4 Å². The van der Waals surface area contributed by atoms with E-state index in [1.807, 2.05) is 32.7 Å². The zero-order valence-electron chi connectivity index (χ0n) is 14.8. The minimum Gasteiger partial charge on any atom is -0.357 e. The summed E-state index contributed by atoms with van der Waals surface area (Å²) in [5.74, 6) is 1.79. The Balaban J connectivity index is 1.90. The highest BCUT2D eigenvalue weighted by molar-refractivity contribution is 5.86. The molecule has 22 heavy (non-hydrogen) atoms. The van der Waals surface area contributed by atoms with E-state index in [9.17, 15) is 4.79 Å². The Kier molecular flexibility index (Phi) is 5.03. The molecular formula is C17H32N4O. The van der Waals surface area contributed by atoms with E-state index < -0.39 is 0 Å². The van der Waals surface area contributed by atoms with Gasteiger partial charge in [0.05, 0.1) is 6.54 Å². The Labute approximate surface area is 134 Å². The maximum atomic E-state index is 12.1. The van der Waals surface area contributed by atoms with Crippen LogP contribution in [-0.4, -0.2) is 49.0 Å². The number of aliphatic imine (C=N–C) groups is 1. The first-order chi connectivity index (χ1) is 10.3. The number of carbonyl (C=O) groups excluding carboxylic acids is 1. The maximum Gasteiger partial charge on any atom is 0.240 e. The molecule has 5 heteroatoms. The van der Waals surface area contributed by atoms with E-state index in [0.29, 0.717) is 12.0 Å². The Morgan fingerprint density at radius 2 is 1.95 bits per heavy atom. The summed E-state index contributed by atoms with van der Waals surface area (Å²) >= 11 is 0. The first-order valence-corrected chi connectivity index (χ1v) is 8.56. The molecule has 5 nitrogen and oxygen atoms in total. The van der Waals surface area contributed by atoms with Crippen LogP contribution < -0.4 is 10.6 Å². The second-order valence-corrected chi connectivity index (χ2v) is 7.96. The number of nitrogens with zero attached hydrogens (tertiary/aromatic N) is 2. The van der Waals surface area contributed by atoms with Crippen molar-refractivity contribution in [1.29, 1.82) is 0 Å². The van der Waals surface area contributed by atoms with E-state index in [0.717, 1.165) is 25.0 Å². The molecule has 126 valence electrons. The van der Waals surface area contributed by atoms with Crippen molar-refractivity contribution in [3.8, 4) is 0 Å². The van der Waals surface area contributed by atoms with Gasteiger partial charge in [0.25, 0.3) is 0 Å². The lowest BCUT2D eigenvalue weighted by molar-refractivity contribution is -0.122. The minimum absolute atomic E-state index is 0.0314. The van der Waals surface area contributed by atoms with Crippen LogP contribution in [0.2, 0.25) is 0 Å². The molecule has 0 atom stereocenters. The van der Waals surface area contributed by atoms with Crippen molar-refractivity contribution < 1.29 is 4.79 Å². The average molecular weight is 308 g/mol. The van der Waals surface area contributed by atoms with Crippen molar-refractivity contribution in [2.24, 2.45) is 16.3 Å². The van der Waals surface area contributed by atoms with Gasteiger partial charge < -0.3 is 15.5 Å². The van der Waals surface area contributed by atoms with Gasteiger partial charge in [-0.05, 0) is 64.7 Å². The van der Waals surface area contributed by atoms with E-state index in [-0.39, 0.29) is 11.4 Å². The molecule has 2 fully saturated rings. The molecule has 0 heterocycles. The van der Waals surface area contributed by atoms with Crippen molar-refractivity contribution >= 4 is 11.9 Å². The third-order valence-electron chi connectivity index (χ3n) is 4.47. The van der Waals surface area contributed by atoms with Gasteiger partial charge >= 0.3 is 0 Å². The number of hydrogen-bond donors (Lipinski definition) is 2. The van der Waals surface area contributed by atoms with Crippen molar-refractivity contribution in [3.05, 3.63) is 0 Å². The number of nitrogens with one attached hydrogen (secondary N) is 2. The lowest BCUT2D eigenvalue weighted by Crippen LogP contribution is -2.48. The first-order valence-electron chi connectivity index (χ1n) is 8.56. The van der Waals surface area contributed by atoms with Crippen molar-refractivity contribution in [2.45, 2.75) is 58.9 Å². The van der Waals surface area contributed by atoms with Gasteiger partial charge in [0.2, 0.25) is 5.91 Å². The lowest BCUT2D eigenvalue weighted by Gasteiger charge is -2.26. The van der Waals surface area contributed by atoms with E-state index >= 15 is 0 Å². The predicted octanol–water partition coefficient (Wildman–Crippen LogP) is 1.99. The number of amides is 1. The molecule has 1 amide bonds. The van der Waals surface area contributed by atoms with Crippen LogP contribution in [-0.2, 0) is 4.79 Å². The van der Waals surface area contributed by atoms with Crippen LogP contribution in [0.5, 0.6) is 0 Å². The molecule has 2 aliphatic carbocycles. The third kappa shape index (κ3) is 4.89. The molecule has 0 aliphatic heterocycles. The molecule has 0 saturated heterocycles. The van der Waals surface area contributed by atoms with Gasteiger partial charge in [-0.1, -0.05) is 0 Å². The fraction of sp³-hybridized carbons (Fsp3) is 0.882. The number of rotatable bonds is 6. The van der Waals surface area contributed by atoms with Gasteiger partial charge in [0.15, 0.2) is 5.96 Å². The molecular weight excluding hydrogens is 276 g/mol. The molecule has 2 N–H and O–H groups in total. The molecule has 0 bridgehead atoms. The summed E-state index contributed by atoms with van der Waals surface area (Å²) in [5.41, 5.74) is 0.298. The van der Waals surface area contributed by atoms with Gasteiger partial charge in [-0.3, -0.25) is 9.79 Å². The second-order valence-electron chi connectivity index (χ2n) is 7.96. The number of guanidine groups is 1. The molecule has 0 unspecified atom stereocenters. The first kappa shape index (κ1) is 17.1. The SMILES string of the molecule is CCNC(=NCC1(C2CC2)CC1)N(C)CC(=O)NC(C)(C)C. The van der Waals surface area contributed by atoms with Crippen LogP contribution in [0.15, 0.2) is 4.99 Å². The van der Waals surface area contributed by atoms with Gasteiger partial charge in [-0.15, -0.1) is 0 Å². The topological polar surface area (TPSA) is 56.7 Å². The smallest absolute Gasteiger partial charge is 0.240 e. The standard InChI is InChI=1S/C17H32N4O/c1-6-18-15(19-12-17(9-10-17)13-7-8-13)21(5)11-14(22)20-16(2,3)4/h13H,6-12H2,1-5H3,(H,18,19)(H,20,22). The second kappa shape index (κ2) is 6.47. The molecule has 2 aliphatic rings. The number of carbonyl (C=O) groups is 1. The summed E-state index contributed by atoms with van der Waals surface area (Å²) in [5, 5.41) is 6.30. The average Bonchev–Trinajstić information content (AvgIpc) is 3.24. The zero-order chi connectivity index (χ0) is 16.4. The molecule has 2 saturated carbocycles. The maximum absolute atomic E-state index is 12.1. The molecule has 0 spiro atoms. The Morgan fingerprint density at radius 1 is 1.32 bits per heavy atom. The fourth-order valence-electron chi connectivity index (χ4n) is 3.00. The van der Waals surface area contributed by atoms with E-state index in [2.05, 4.69) is 17.6 Å². The van der Waals surface area contributed by atoms with Crippen LogP contribution in [0.4, 0.5) is 0 Å². The van der Waals surface area contributed by atoms with Gasteiger partial charge in [-0.25, -0.2) is 0 Å². The fourth-order valence-corrected chi connectivity index (χ4v) is 3.00. The van der Waals surface area contributed by atoms with Crippen molar-refractivity contribution in [3.63, 3.8) is 0 Å². The normalized spacial score (nSPS) is 20.5. The Hall–Kier alpha value is -1.26. The molecule has 0 aromatic carbocycles.